The van der Waals surface area contributed by atoms with Crippen LogP contribution in [0.15, 0.2) is 36.7 Å². The van der Waals surface area contributed by atoms with Crippen molar-refractivity contribution in [2.75, 3.05) is 38.7 Å². The molecule has 0 unspecified atom stereocenters. The summed E-state index contributed by atoms with van der Waals surface area (Å²) in [7, 11) is 2.03. The zero-order valence-corrected chi connectivity index (χ0v) is 21.2. The van der Waals surface area contributed by atoms with E-state index in [1.54, 1.807) is 28.6 Å². The Balaban J connectivity index is 1.53. The first-order valence-corrected chi connectivity index (χ1v) is 12.3. The number of aliphatic hydroxyl groups excluding tert-OH is 1. The van der Waals surface area contributed by atoms with Crippen LogP contribution in [0.3, 0.4) is 0 Å². The second-order valence-electron chi connectivity index (χ2n) is 9.27. The van der Waals surface area contributed by atoms with Crippen LogP contribution in [-0.2, 0) is 17.8 Å². The van der Waals surface area contributed by atoms with Crippen molar-refractivity contribution in [2.24, 2.45) is 0 Å². The standard InChI is InChI=1S/C25H31N9O3/c1-16(35)13-33-21-5-4-19-12-20(21)23(31-33)24(36)26-8-10-37-11-9-32(3)14-18-15-34(30-17(18)2)22-6-7-27-25(28-19)29-22/h4-7,12,15-16,35H,8-11,13-14H2,1-3H3,(H,26,36)(H,27,28,29)/t16-/m1/s1. The van der Waals surface area contributed by atoms with Gasteiger partial charge in [-0.2, -0.15) is 15.2 Å². The van der Waals surface area contributed by atoms with Gasteiger partial charge in [0.1, 0.15) is 0 Å². The van der Waals surface area contributed by atoms with Crippen molar-refractivity contribution >= 4 is 28.4 Å². The molecule has 6 bridgehead atoms. The molecule has 1 atom stereocenters. The van der Waals surface area contributed by atoms with Crippen LogP contribution in [0, 0.1) is 6.92 Å². The number of aliphatic hydroxyl groups is 1. The van der Waals surface area contributed by atoms with Crippen molar-refractivity contribution in [3.05, 3.63) is 53.6 Å². The number of likely N-dealkylation sites (N-methyl/N-ethyl adjacent to an activating group) is 1. The molecule has 0 spiro atoms. The minimum Gasteiger partial charge on any atom is -0.391 e. The molecule has 4 heterocycles. The third kappa shape index (κ3) is 5.61. The summed E-state index contributed by atoms with van der Waals surface area (Å²) in [5.74, 6) is 0.736. The van der Waals surface area contributed by atoms with Gasteiger partial charge in [0.15, 0.2) is 11.5 Å². The third-order valence-electron chi connectivity index (χ3n) is 6.12. The molecule has 1 aromatic carbocycles. The molecule has 1 aliphatic heterocycles. The molecule has 3 aromatic heterocycles. The number of nitrogens with zero attached hydrogens (tertiary/aromatic N) is 7. The molecule has 0 saturated heterocycles. The molecule has 1 aliphatic rings. The van der Waals surface area contributed by atoms with Crippen LogP contribution in [0.2, 0.25) is 0 Å². The molecule has 0 saturated carbocycles. The molecule has 0 radical (unpaired) electrons. The molecular formula is C25H31N9O3. The van der Waals surface area contributed by atoms with E-state index >= 15 is 0 Å². The normalized spacial score (nSPS) is 16.4. The zero-order valence-electron chi connectivity index (χ0n) is 21.2. The van der Waals surface area contributed by atoms with Gasteiger partial charge in [0.2, 0.25) is 5.95 Å². The van der Waals surface area contributed by atoms with Crippen LogP contribution in [-0.4, -0.2) is 84.9 Å². The second-order valence-corrected chi connectivity index (χ2v) is 9.27. The summed E-state index contributed by atoms with van der Waals surface area (Å²) in [6.07, 6.45) is 3.05. The van der Waals surface area contributed by atoms with E-state index in [1.165, 1.54) is 0 Å². The minimum atomic E-state index is -0.617. The fraction of sp³-hybridized carbons (Fsp3) is 0.400. The summed E-state index contributed by atoms with van der Waals surface area (Å²) < 4.78 is 9.15. The molecule has 37 heavy (non-hydrogen) atoms. The maximum Gasteiger partial charge on any atom is 0.272 e. The first-order chi connectivity index (χ1) is 17.9. The topological polar surface area (TPSA) is 135 Å². The highest BCUT2D eigenvalue weighted by Gasteiger charge is 2.19. The molecule has 194 valence electrons. The van der Waals surface area contributed by atoms with Crippen LogP contribution in [0.5, 0.6) is 0 Å². The lowest BCUT2D eigenvalue weighted by atomic mass is 10.1. The number of ether oxygens (including phenoxy) is 1. The zero-order chi connectivity index (χ0) is 25.9. The predicted octanol–water partition coefficient (Wildman–Crippen LogP) is 1.64. The summed E-state index contributed by atoms with van der Waals surface area (Å²) in [5, 5.41) is 25.9. The van der Waals surface area contributed by atoms with Gasteiger partial charge in [-0.05, 0) is 39.1 Å². The average Bonchev–Trinajstić information content (AvgIpc) is 3.40. The van der Waals surface area contributed by atoms with Gasteiger partial charge in [-0.15, -0.1) is 0 Å². The minimum absolute atomic E-state index is 0.267. The van der Waals surface area contributed by atoms with Crippen LogP contribution < -0.4 is 10.6 Å². The Morgan fingerprint density at radius 2 is 2.08 bits per heavy atom. The van der Waals surface area contributed by atoms with E-state index in [0.717, 1.165) is 29.9 Å². The van der Waals surface area contributed by atoms with Gasteiger partial charge in [0, 0.05) is 54.7 Å². The number of aryl methyl sites for hydroxylation is 1. The first kappa shape index (κ1) is 24.8. The van der Waals surface area contributed by atoms with Crippen molar-refractivity contribution in [1.29, 1.82) is 0 Å². The van der Waals surface area contributed by atoms with Crippen LogP contribution in [0.1, 0.15) is 28.7 Å². The van der Waals surface area contributed by atoms with E-state index < -0.39 is 6.10 Å². The van der Waals surface area contributed by atoms with E-state index in [0.29, 0.717) is 42.6 Å². The van der Waals surface area contributed by atoms with Crippen molar-refractivity contribution in [2.45, 2.75) is 33.0 Å². The SMILES string of the molecule is Cc1nn2cc1CN(C)CCOCCNC(=O)c1nn(C[C@@H](C)O)c3ccc(cc13)Nc1nccc-2n1. The first-order valence-electron chi connectivity index (χ1n) is 12.3. The van der Waals surface area contributed by atoms with E-state index in [4.69, 9.17) is 4.74 Å². The van der Waals surface area contributed by atoms with Gasteiger partial charge in [0.25, 0.3) is 5.91 Å². The second kappa shape index (κ2) is 10.6. The number of aromatic nitrogens is 6. The van der Waals surface area contributed by atoms with Gasteiger partial charge in [-0.3, -0.25) is 14.4 Å². The summed E-state index contributed by atoms with van der Waals surface area (Å²) >= 11 is 0. The Morgan fingerprint density at radius 1 is 1.22 bits per heavy atom. The number of hydrogen-bond acceptors (Lipinski definition) is 9. The number of nitrogens with one attached hydrogen (secondary N) is 2. The highest BCUT2D eigenvalue weighted by atomic mass is 16.5. The van der Waals surface area contributed by atoms with Crippen LogP contribution in [0.25, 0.3) is 16.7 Å². The number of carbonyl (C=O) groups is 1. The highest BCUT2D eigenvalue weighted by molar-refractivity contribution is 6.05. The third-order valence-corrected chi connectivity index (χ3v) is 6.12. The molecule has 12 nitrogen and oxygen atoms in total. The smallest absolute Gasteiger partial charge is 0.272 e. The monoisotopic (exact) mass is 505 g/mol. The number of hydrogen-bond donors (Lipinski definition) is 3. The number of fused-ring (bicyclic) bond motifs is 6. The molecule has 4 aromatic rings. The Morgan fingerprint density at radius 3 is 2.92 bits per heavy atom. The molecular weight excluding hydrogens is 474 g/mol. The number of amides is 1. The lowest BCUT2D eigenvalue weighted by Crippen LogP contribution is -2.29. The average molecular weight is 506 g/mol. The van der Waals surface area contributed by atoms with Crippen molar-refractivity contribution in [3.8, 4) is 5.82 Å². The summed E-state index contributed by atoms with van der Waals surface area (Å²) in [6, 6.07) is 7.37. The van der Waals surface area contributed by atoms with Gasteiger partial charge < -0.3 is 20.5 Å². The van der Waals surface area contributed by atoms with E-state index in [2.05, 4.69) is 35.7 Å². The van der Waals surface area contributed by atoms with Gasteiger partial charge >= 0.3 is 0 Å². The van der Waals surface area contributed by atoms with Gasteiger partial charge in [-0.25, -0.2) is 9.67 Å². The number of anilines is 2. The lowest BCUT2D eigenvalue weighted by Gasteiger charge is -2.16. The fourth-order valence-electron chi connectivity index (χ4n) is 4.26. The number of benzene rings is 1. The Bertz CT molecular complexity index is 1410. The largest absolute Gasteiger partial charge is 0.391 e. The number of rotatable bonds is 2. The fourth-order valence-corrected chi connectivity index (χ4v) is 4.26. The molecule has 0 aliphatic carbocycles. The predicted molar refractivity (Wildman–Crippen MR) is 138 cm³/mol. The molecule has 12 heteroatoms. The van der Waals surface area contributed by atoms with Crippen molar-refractivity contribution in [3.63, 3.8) is 0 Å². The van der Waals surface area contributed by atoms with Crippen molar-refractivity contribution in [1.82, 2.24) is 39.7 Å². The summed E-state index contributed by atoms with van der Waals surface area (Å²) in [5.41, 5.74) is 3.76. The molecule has 3 N–H and O–H groups in total. The van der Waals surface area contributed by atoms with Crippen LogP contribution >= 0.6 is 0 Å². The Kier molecular flexibility index (Phi) is 7.12. The van der Waals surface area contributed by atoms with Crippen LogP contribution in [0.4, 0.5) is 11.6 Å². The molecule has 5 rings (SSSR count). The summed E-state index contributed by atoms with van der Waals surface area (Å²) in [6.45, 7) is 6.68. The van der Waals surface area contributed by atoms with Crippen molar-refractivity contribution < 1.29 is 14.6 Å². The van der Waals surface area contributed by atoms with E-state index in [-0.39, 0.29) is 18.1 Å². The Labute approximate surface area is 214 Å². The highest BCUT2D eigenvalue weighted by Crippen LogP contribution is 2.25. The lowest BCUT2D eigenvalue weighted by molar-refractivity contribution is 0.0884. The van der Waals surface area contributed by atoms with E-state index in [1.807, 2.05) is 38.4 Å². The molecule has 0 fully saturated rings. The van der Waals surface area contributed by atoms with E-state index in [9.17, 15) is 9.90 Å². The molecule has 1 amide bonds. The number of carbonyl (C=O) groups excluding carboxylic acids is 1. The summed E-state index contributed by atoms with van der Waals surface area (Å²) in [4.78, 5) is 24.2. The van der Waals surface area contributed by atoms with Gasteiger partial charge in [-0.1, -0.05) is 0 Å². The van der Waals surface area contributed by atoms with Gasteiger partial charge in [0.05, 0.1) is 37.1 Å². The maximum atomic E-state index is 13.0. The maximum absolute atomic E-state index is 13.0. The quantitative estimate of drug-likeness (QED) is 0.371. The Hall–Kier alpha value is -3.87.